The van der Waals surface area contributed by atoms with Gasteiger partial charge in [0.25, 0.3) is 0 Å². The van der Waals surface area contributed by atoms with Gasteiger partial charge in [0.05, 0.1) is 27.8 Å². The third-order valence-corrected chi connectivity index (χ3v) is 4.37. The Hall–Kier alpha value is -1.53. The lowest BCUT2D eigenvalue weighted by Gasteiger charge is -2.11. The van der Waals surface area contributed by atoms with Crippen molar-refractivity contribution in [3.8, 4) is 0 Å². The Morgan fingerprint density at radius 2 is 2.10 bits per heavy atom. The molecule has 0 aliphatic heterocycles. The van der Waals surface area contributed by atoms with Crippen LogP contribution in [0, 0.1) is 0 Å². The topological polar surface area (TPSA) is 64.0 Å². The van der Waals surface area contributed by atoms with E-state index in [0.717, 1.165) is 12.2 Å². The molecule has 7 heteroatoms. The quantitative estimate of drug-likeness (QED) is 0.921. The summed E-state index contributed by atoms with van der Waals surface area (Å²) >= 11 is 6.08. The summed E-state index contributed by atoms with van der Waals surface area (Å²) in [7, 11) is -3.24. The van der Waals surface area contributed by atoms with Crippen LogP contribution in [0.3, 0.4) is 0 Å². The lowest BCUT2D eigenvalue weighted by Crippen LogP contribution is -2.08. The van der Waals surface area contributed by atoms with Gasteiger partial charge in [-0.15, -0.1) is 0 Å². The van der Waals surface area contributed by atoms with Crippen LogP contribution in [0.15, 0.2) is 35.4 Å². The molecule has 5 nitrogen and oxygen atoms in total. The molecule has 0 bridgehead atoms. The van der Waals surface area contributed by atoms with E-state index in [-0.39, 0.29) is 4.90 Å². The van der Waals surface area contributed by atoms with Crippen LogP contribution in [-0.2, 0) is 22.9 Å². The Morgan fingerprint density at radius 1 is 1.35 bits per heavy atom. The van der Waals surface area contributed by atoms with Gasteiger partial charge in [0.2, 0.25) is 0 Å². The van der Waals surface area contributed by atoms with E-state index in [0.29, 0.717) is 17.3 Å². The van der Waals surface area contributed by atoms with E-state index >= 15 is 0 Å². The second-order valence-electron chi connectivity index (χ2n) is 4.41. The Labute approximate surface area is 123 Å². The molecule has 0 spiro atoms. The standard InChI is InChI=1S/C13H16ClN3O2S/c1-3-17-10(6-7-16-17)9-15-13-8-11(20(2,18)19)4-5-12(13)14/h4-8,15H,3,9H2,1-2H3. The fourth-order valence-electron chi connectivity index (χ4n) is 1.85. The zero-order valence-electron chi connectivity index (χ0n) is 11.3. The molecule has 1 N–H and O–H groups in total. The third kappa shape index (κ3) is 3.32. The van der Waals surface area contributed by atoms with Crippen molar-refractivity contribution in [2.45, 2.75) is 24.9 Å². The predicted molar refractivity (Wildman–Crippen MR) is 79.8 cm³/mol. The molecule has 0 aliphatic carbocycles. The number of hydrogen-bond acceptors (Lipinski definition) is 4. The molecule has 0 saturated heterocycles. The monoisotopic (exact) mass is 313 g/mol. The van der Waals surface area contributed by atoms with Crippen LogP contribution in [0.1, 0.15) is 12.6 Å². The first-order valence-electron chi connectivity index (χ1n) is 6.16. The van der Waals surface area contributed by atoms with Crippen LogP contribution in [0.25, 0.3) is 0 Å². The molecule has 0 radical (unpaired) electrons. The van der Waals surface area contributed by atoms with E-state index in [1.807, 2.05) is 17.7 Å². The Balaban J connectivity index is 2.21. The van der Waals surface area contributed by atoms with Gasteiger partial charge < -0.3 is 5.32 Å². The zero-order chi connectivity index (χ0) is 14.8. The number of rotatable bonds is 5. The second kappa shape index (κ2) is 5.85. The largest absolute Gasteiger partial charge is 0.378 e. The van der Waals surface area contributed by atoms with Crippen LogP contribution >= 0.6 is 11.6 Å². The van der Waals surface area contributed by atoms with E-state index in [9.17, 15) is 8.42 Å². The highest BCUT2D eigenvalue weighted by molar-refractivity contribution is 7.90. The van der Waals surface area contributed by atoms with Gasteiger partial charge in [-0.25, -0.2) is 8.42 Å². The minimum absolute atomic E-state index is 0.244. The van der Waals surface area contributed by atoms with E-state index < -0.39 is 9.84 Å². The van der Waals surface area contributed by atoms with Crippen LogP contribution in [-0.4, -0.2) is 24.5 Å². The molecule has 0 saturated carbocycles. The van der Waals surface area contributed by atoms with Crippen molar-refractivity contribution >= 4 is 27.1 Å². The number of sulfone groups is 1. The zero-order valence-corrected chi connectivity index (χ0v) is 12.9. The Kier molecular flexibility index (Phi) is 4.35. The van der Waals surface area contributed by atoms with Crippen LogP contribution in [0.4, 0.5) is 5.69 Å². The lowest BCUT2D eigenvalue weighted by atomic mass is 10.3. The molecule has 2 rings (SSSR count). The van der Waals surface area contributed by atoms with Gasteiger partial charge >= 0.3 is 0 Å². The van der Waals surface area contributed by atoms with Gasteiger partial charge in [0, 0.05) is 19.0 Å². The molecule has 0 amide bonds. The molecule has 0 fully saturated rings. The number of aryl methyl sites for hydroxylation is 1. The van der Waals surface area contributed by atoms with E-state index in [2.05, 4.69) is 10.4 Å². The maximum absolute atomic E-state index is 11.5. The summed E-state index contributed by atoms with van der Waals surface area (Å²) in [6, 6.07) is 6.53. The van der Waals surface area contributed by atoms with Crippen LogP contribution in [0.2, 0.25) is 5.02 Å². The summed E-state index contributed by atoms with van der Waals surface area (Å²) in [4.78, 5) is 0.244. The van der Waals surface area contributed by atoms with Crippen molar-refractivity contribution < 1.29 is 8.42 Å². The number of nitrogens with zero attached hydrogens (tertiary/aromatic N) is 2. The van der Waals surface area contributed by atoms with Crippen molar-refractivity contribution in [3.63, 3.8) is 0 Å². The summed E-state index contributed by atoms with van der Waals surface area (Å²) in [5.74, 6) is 0. The number of benzene rings is 1. The first-order chi connectivity index (χ1) is 9.41. The molecule has 2 aromatic rings. The van der Waals surface area contributed by atoms with Crippen molar-refractivity contribution in [2.75, 3.05) is 11.6 Å². The first kappa shape index (κ1) is 14.9. The van der Waals surface area contributed by atoms with E-state index in [1.54, 1.807) is 18.3 Å². The van der Waals surface area contributed by atoms with Gasteiger partial charge in [-0.1, -0.05) is 11.6 Å². The molecule has 1 aromatic carbocycles. The van der Waals surface area contributed by atoms with Gasteiger partial charge in [-0.3, -0.25) is 4.68 Å². The molecule has 0 aliphatic rings. The minimum atomic E-state index is -3.24. The predicted octanol–water partition coefficient (Wildman–Crippen LogP) is 2.57. The molecule has 108 valence electrons. The highest BCUT2D eigenvalue weighted by atomic mass is 35.5. The van der Waals surface area contributed by atoms with E-state index in [4.69, 9.17) is 11.6 Å². The second-order valence-corrected chi connectivity index (χ2v) is 6.83. The summed E-state index contributed by atoms with van der Waals surface area (Å²) in [6.45, 7) is 3.32. The average Bonchev–Trinajstić information content (AvgIpc) is 2.83. The molecule has 0 unspecified atom stereocenters. The highest BCUT2D eigenvalue weighted by Gasteiger charge is 2.10. The molecule has 1 heterocycles. The van der Waals surface area contributed by atoms with Crippen LogP contribution < -0.4 is 5.32 Å². The first-order valence-corrected chi connectivity index (χ1v) is 8.43. The summed E-state index contributed by atoms with van der Waals surface area (Å²) in [5.41, 5.74) is 1.60. The molecule has 20 heavy (non-hydrogen) atoms. The summed E-state index contributed by atoms with van der Waals surface area (Å²) in [6.07, 6.45) is 2.90. The average molecular weight is 314 g/mol. The van der Waals surface area contributed by atoms with Gasteiger partial charge in [0.1, 0.15) is 0 Å². The maximum atomic E-state index is 11.5. The van der Waals surface area contributed by atoms with Crippen molar-refractivity contribution in [1.29, 1.82) is 0 Å². The Bertz CT molecular complexity index is 710. The van der Waals surface area contributed by atoms with E-state index in [1.165, 1.54) is 12.3 Å². The highest BCUT2D eigenvalue weighted by Crippen LogP contribution is 2.25. The summed E-state index contributed by atoms with van der Waals surface area (Å²) in [5, 5.41) is 7.81. The van der Waals surface area contributed by atoms with Crippen molar-refractivity contribution in [2.24, 2.45) is 0 Å². The number of anilines is 1. The smallest absolute Gasteiger partial charge is 0.175 e. The molecule has 0 atom stereocenters. The van der Waals surface area contributed by atoms with Gasteiger partial charge in [-0.2, -0.15) is 5.10 Å². The van der Waals surface area contributed by atoms with Gasteiger partial charge in [0.15, 0.2) is 9.84 Å². The molecular formula is C13H16ClN3O2S. The minimum Gasteiger partial charge on any atom is -0.378 e. The number of nitrogens with one attached hydrogen (secondary N) is 1. The summed E-state index contributed by atoms with van der Waals surface area (Å²) < 4.78 is 25.0. The third-order valence-electron chi connectivity index (χ3n) is 2.93. The van der Waals surface area contributed by atoms with Crippen LogP contribution in [0.5, 0.6) is 0 Å². The lowest BCUT2D eigenvalue weighted by molar-refractivity contribution is 0.602. The number of halogens is 1. The van der Waals surface area contributed by atoms with Gasteiger partial charge in [-0.05, 0) is 31.2 Å². The fraction of sp³-hybridized carbons (Fsp3) is 0.308. The Morgan fingerprint density at radius 3 is 2.75 bits per heavy atom. The normalized spacial score (nSPS) is 11.6. The molecule has 1 aromatic heterocycles. The number of aromatic nitrogens is 2. The van der Waals surface area contributed by atoms with Crippen molar-refractivity contribution in [1.82, 2.24) is 9.78 Å². The number of hydrogen-bond donors (Lipinski definition) is 1. The maximum Gasteiger partial charge on any atom is 0.175 e. The SMILES string of the molecule is CCn1nccc1CNc1cc(S(C)(=O)=O)ccc1Cl. The molecular weight excluding hydrogens is 298 g/mol. The fourth-order valence-corrected chi connectivity index (χ4v) is 2.68. The van der Waals surface area contributed by atoms with Crippen molar-refractivity contribution in [3.05, 3.63) is 41.2 Å².